The first kappa shape index (κ1) is 28.2. The third-order valence-corrected chi connectivity index (χ3v) is 7.86. The maximum absolute atomic E-state index is 12.5. The molecule has 2 heterocycles. The molecule has 7 nitrogen and oxygen atoms in total. The fourth-order valence-corrected chi connectivity index (χ4v) is 5.31. The zero-order valence-electron chi connectivity index (χ0n) is 21.2. The van der Waals surface area contributed by atoms with Crippen molar-refractivity contribution in [1.29, 1.82) is 0 Å². The second-order valence-electron chi connectivity index (χ2n) is 8.99. The van der Waals surface area contributed by atoms with E-state index in [-0.39, 0.29) is 11.7 Å². The molecule has 0 aliphatic carbocycles. The molecular formula is C28H30Cl2N4O3S. The molecule has 4 rings (SSSR count). The summed E-state index contributed by atoms with van der Waals surface area (Å²) >= 11 is 13.5. The van der Waals surface area contributed by atoms with Crippen LogP contribution in [0.1, 0.15) is 18.4 Å². The summed E-state index contributed by atoms with van der Waals surface area (Å²) in [6.45, 7) is 7.02. The van der Waals surface area contributed by atoms with Crippen LogP contribution in [-0.4, -0.2) is 53.3 Å². The first-order valence-electron chi connectivity index (χ1n) is 12.3. The van der Waals surface area contributed by atoms with Gasteiger partial charge in [0.25, 0.3) is 0 Å². The van der Waals surface area contributed by atoms with E-state index < -0.39 is 0 Å². The number of carbonyl (C=O) groups is 1. The average molecular weight is 574 g/mol. The molecule has 1 aliphatic heterocycles. The van der Waals surface area contributed by atoms with Crippen molar-refractivity contribution in [2.45, 2.75) is 24.5 Å². The first-order chi connectivity index (χ1) is 18.4. The van der Waals surface area contributed by atoms with Crippen molar-refractivity contribution in [3.63, 3.8) is 0 Å². The third kappa shape index (κ3) is 7.86. The Hall–Kier alpha value is -2.78. The molecule has 10 heteroatoms. The monoisotopic (exact) mass is 572 g/mol. The fraction of sp³-hybridized carbons (Fsp3) is 0.321. The number of amides is 1. The van der Waals surface area contributed by atoms with Crippen molar-refractivity contribution in [3.8, 4) is 22.6 Å². The summed E-state index contributed by atoms with van der Waals surface area (Å²) in [6, 6.07) is 11.3. The summed E-state index contributed by atoms with van der Waals surface area (Å²) in [5.74, 6) is 1.83. The number of methoxy groups -OCH3 is 1. The van der Waals surface area contributed by atoms with Crippen molar-refractivity contribution in [2.75, 3.05) is 32.5 Å². The average Bonchev–Trinajstić information content (AvgIpc) is 2.94. The van der Waals surface area contributed by atoms with E-state index in [4.69, 9.17) is 32.7 Å². The Labute approximate surface area is 237 Å². The minimum absolute atomic E-state index is 0.0215. The lowest BCUT2D eigenvalue weighted by Crippen LogP contribution is -2.40. The number of ether oxygens (including phenoxy) is 2. The summed E-state index contributed by atoms with van der Waals surface area (Å²) in [7, 11) is 1.58. The lowest BCUT2D eigenvalue weighted by Gasteiger charge is -2.33. The van der Waals surface area contributed by atoms with Gasteiger partial charge in [-0.1, -0.05) is 53.7 Å². The molecule has 1 amide bonds. The van der Waals surface area contributed by atoms with E-state index in [1.807, 2.05) is 36.4 Å². The molecule has 1 atom stereocenters. The molecule has 0 bridgehead atoms. The SMILES string of the molecule is C=COc1ccc(-c2cnc(SCC(=O)NCC3CCCN(Cc4ccc(Cl)c(Cl)c4)C3)nc2)cc1OC. The van der Waals surface area contributed by atoms with Crippen LogP contribution in [0.3, 0.4) is 0 Å². The number of hydrogen-bond acceptors (Lipinski definition) is 7. The topological polar surface area (TPSA) is 76.6 Å². The molecule has 1 saturated heterocycles. The van der Waals surface area contributed by atoms with Crippen LogP contribution in [-0.2, 0) is 11.3 Å². The molecule has 1 unspecified atom stereocenters. The quantitative estimate of drug-likeness (QED) is 0.169. The van der Waals surface area contributed by atoms with Crippen LogP contribution in [0.25, 0.3) is 11.1 Å². The van der Waals surface area contributed by atoms with E-state index in [0.29, 0.717) is 39.2 Å². The highest BCUT2D eigenvalue weighted by Gasteiger charge is 2.21. The van der Waals surface area contributed by atoms with Gasteiger partial charge >= 0.3 is 0 Å². The number of piperidine rings is 1. The van der Waals surface area contributed by atoms with Gasteiger partial charge in [0.1, 0.15) is 0 Å². The highest BCUT2D eigenvalue weighted by molar-refractivity contribution is 7.99. The Balaban J connectivity index is 1.22. The number of nitrogens with one attached hydrogen (secondary N) is 1. The largest absolute Gasteiger partial charge is 0.493 e. The molecule has 1 N–H and O–H groups in total. The number of rotatable bonds is 11. The van der Waals surface area contributed by atoms with E-state index in [9.17, 15) is 4.79 Å². The van der Waals surface area contributed by atoms with Crippen LogP contribution in [0, 0.1) is 5.92 Å². The highest BCUT2D eigenvalue weighted by atomic mass is 35.5. The molecule has 0 spiro atoms. The van der Waals surface area contributed by atoms with Gasteiger partial charge in [0.05, 0.1) is 29.2 Å². The predicted molar refractivity (Wildman–Crippen MR) is 153 cm³/mol. The zero-order valence-corrected chi connectivity index (χ0v) is 23.5. The number of carbonyl (C=O) groups excluding carboxylic acids is 1. The van der Waals surface area contributed by atoms with Crippen molar-refractivity contribution < 1.29 is 14.3 Å². The molecule has 0 saturated carbocycles. The second-order valence-corrected chi connectivity index (χ2v) is 10.7. The number of nitrogens with zero attached hydrogens (tertiary/aromatic N) is 3. The molecule has 1 fully saturated rings. The van der Waals surface area contributed by atoms with Gasteiger partial charge in [-0.05, 0) is 60.7 Å². The Morgan fingerprint density at radius 1 is 1.16 bits per heavy atom. The van der Waals surface area contributed by atoms with Crippen LogP contribution < -0.4 is 14.8 Å². The minimum atomic E-state index is -0.0215. The Bertz CT molecular complexity index is 1260. The summed E-state index contributed by atoms with van der Waals surface area (Å²) in [5.41, 5.74) is 2.88. The molecule has 3 aromatic rings. The van der Waals surface area contributed by atoms with Crippen molar-refractivity contribution in [1.82, 2.24) is 20.2 Å². The van der Waals surface area contributed by atoms with Gasteiger partial charge in [0, 0.05) is 37.6 Å². The van der Waals surface area contributed by atoms with Gasteiger partial charge in [-0.25, -0.2) is 9.97 Å². The van der Waals surface area contributed by atoms with Crippen LogP contribution in [0.5, 0.6) is 11.5 Å². The highest BCUT2D eigenvalue weighted by Crippen LogP contribution is 2.32. The molecular weight excluding hydrogens is 543 g/mol. The van der Waals surface area contributed by atoms with E-state index in [1.54, 1.807) is 19.5 Å². The molecule has 0 radical (unpaired) electrons. The molecule has 38 heavy (non-hydrogen) atoms. The standard InChI is InChI=1S/C28H30Cl2N4O3S/c1-3-37-25-9-7-21(12-26(25)36-2)22-14-32-28(33-15-22)38-18-27(35)31-13-20-5-4-10-34(17-20)16-19-6-8-23(29)24(30)11-19/h3,6-9,11-12,14-15,20H,1,4-5,10,13,16-18H2,2H3,(H,31,35). The summed E-state index contributed by atoms with van der Waals surface area (Å²) in [5, 5.41) is 4.77. The molecule has 1 aliphatic rings. The molecule has 2 aromatic carbocycles. The number of aromatic nitrogens is 2. The summed E-state index contributed by atoms with van der Waals surface area (Å²) in [4.78, 5) is 23.7. The minimum Gasteiger partial charge on any atom is -0.493 e. The van der Waals surface area contributed by atoms with Gasteiger partial charge in [-0.15, -0.1) is 0 Å². The number of thioether (sulfide) groups is 1. The van der Waals surface area contributed by atoms with Crippen molar-refractivity contribution >= 4 is 40.9 Å². The van der Waals surface area contributed by atoms with Crippen LogP contribution in [0.4, 0.5) is 0 Å². The van der Waals surface area contributed by atoms with Crippen LogP contribution in [0.2, 0.25) is 10.0 Å². The van der Waals surface area contributed by atoms with E-state index in [2.05, 4.69) is 26.8 Å². The smallest absolute Gasteiger partial charge is 0.230 e. The van der Waals surface area contributed by atoms with E-state index in [1.165, 1.54) is 18.0 Å². The van der Waals surface area contributed by atoms with Crippen LogP contribution in [0.15, 0.2) is 66.8 Å². The number of benzene rings is 2. The molecule has 200 valence electrons. The maximum atomic E-state index is 12.5. The van der Waals surface area contributed by atoms with Crippen molar-refractivity contribution in [2.24, 2.45) is 5.92 Å². The summed E-state index contributed by atoms with van der Waals surface area (Å²) in [6.07, 6.45) is 7.03. The third-order valence-electron chi connectivity index (χ3n) is 6.25. The zero-order chi connectivity index (χ0) is 26.9. The number of hydrogen-bond donors (Lipinski definition) is 1. The Morgan fingerprint density at radius 2 is 1.97 bits per heavy atom. The van der Waals surface area contributed by atoms with Gasteiger partial charge in [-0.3, -0.25) is 9.69 Å². The molecule has 1 aromatic heterocycles. The number of likely N-dealkylation sites (tertiary alicyclic amines) is 1. The Morgan fingerprint density at radius 3 is 2.71 bits per heavy atom. The Kier molecular flexibility index (Phi) is 10.3. The van der Waals surface area contributed by atoms with Gasteiger partial charge in [0.2, 0.25) is 5.91 Å². The van der Waals surface area contributed by atoms with Gasteiger partial charge in [0.15, 0.2) is 16.7 Å². The van der Waals surface area contributed by atoms with Crippen LogP contribution >= 0.6 is 35.0 Å². The predicted octanol–water partition coefficient (Wildman–Crippen LogP) is 6.10. The number of halogens is 2. The maximum Gasteiger partial charge on any atom is 0.230 e. The second kappa shape index (κ2) is 13.8. The van der Waals surface area contributed by atoms with E-state index in [0.717, 1.165) is 49.2 Å². The van der Waals surface area contributed by atoms with Crippen molar-refractivity contribution in [3.05, 3.63) is 77.2 Å². The van der Waals surface area contributed by atoms with E-state index >= 15 is 0 Å². The van der Waals surface area contributed by atoms with Gasteiger partial charge in [-0.2, -0.15) is 0 Å². The normalized spacial score (nSPS) is 15.6. The first-order valence-corrected chi connectivity index (χ1v) is 14.0. The lowest BCUT2D eigenvalue weighted by atomic mass is 9.97. The lowest BCUT2D eigenvalue weighted by molar-refractivity contribution is -0.118. The van der Waals surface area contributed by atoms with Gasteiger partial charge < -0.3 is 14.8 Å². The summed E-state index contributed by atoms with van der Waals surface area (Å²) < 4.78 is 10.7. The fourth-order valence-electron chi connectivity index (χ4n) is 4.37.